The Morgan fingerprint density at radius 3 is 2.26 bits per heavy atom. The van der Waals surface area contributed by atoms with Crippen LogP contribution in [0.15, 0.2) is 48.1 Å². The molecule has 280 valence electrons. The Morgan fingerprint density at radius 2 is 1.64 bits per heavy atom. The number of carbonyl (C=O) groups is 2. The van der Waals surface area contributed by atoms with Gasteiger partial charge in [-0.25, -0.2) is 4.79 Å². The molecule has 0 bridgehead atoms. The molecule has 8 atom stereocenters. The Morgan fingerprint density at radius 1 is 0.980 bits per heavy atom. The van der Waals surface area contributed by atoms with Gasteiger partial charge in [-0.15, -0.1) is 0 Å². The topological polar surface area (TPSA) is 80.3 Å². The number of hydrogen-bond acceptors (Lipinski definition) is 7. The van der Waals surface area contributed by atoms with E-state index in [0.717, 1.165) is 24.8 Å². The highest BCUT2D eigenvalue weighted by molar-refractivity contribution is 6.74. The number of fused-ring (bicyclic) bond motifs is 1. The lowest BCUT2D eigenvalue weighted by Crippen LogP contribution is -2.49. The molecule has 0 N–H and O–H groups in total. The van der Waals surface area contributed by atoms with Crippen LogP contribution in [0, 0.1) is 24.7 Å². The summed E-state index contributed by atoms with van der Waals surface area (Å²) in [5.74, 6) is 0.641. The molecule has 1 fully saturated rings. The monoisotopic (exact) mass is 726 g/mol. The van der Waals surface area contributed by atoms with E-state index in [-0.39, 0.29) is 64.2 Å². The molecule has 2 aliphatic carbocycles. The maximum absolute atomic E-state index is 13.9. The minimum atomic E-state index is -2.11. The van der Waals surface area contributed by atoms with Crippen molar-refractivity contribution in [2.24, 2.45) is 17.8 Å². The highest BCUT2D eigenvalue weighted by Gasteiger charge is 2.47. The summed E-state index contributed by atoms with van der Waals surface area (Å²) in [6.45, 7) is 28.7. The number of aryl methyl sites for hydroxylation is 1. The number of cyclic esters (lactones) is 1. The van der Waals surface area contributed by atoms with Gasteiger partial charge >= 0.3 is 11.9 Å². The summed E-state index contributed by atoms with van der Waals surface area (Å²) in [6.07, 6.45) is 8.99. The summed E-state index contributed by atoms with van der Waals surface area (Å²) in [4.78, 5) is 26.7. The molecule has 0 aromatic heterocycles. The standard InChI is InChI=1S/C41H66O7Si2/c1-14-35(44-30-17-15-16-27(2)22-30)39(43)46-36-25-32(47-49(10,11)40(4,5)6)23-29-19-18-28(3)34(38(29)36)21-20-31-24-33(26-37(42)45-31)48-50(12,13)41(7,8)9/h15-19,22-23,28,31-36,38H,14,20-21,24-26H2,1-13H3/t28-,31+,32+,33+,34-,35?,36-,38-/m0/s1. The average molecular weight is 727 g/mol. The summed E-state index contributed by atoms with van der Waals surface area (Å²) < 4.78 is 32.3. The van der Waals surface area contributed by atoms with E-state index < -0.39 is 22.7 Å². The molecule has 1 aromatic rings. The summed E-state index contributed by atoms with van der Waals surface area (Å²) in [7, 11) is -4.14. The fourth-order valence-electron chi connectivity index (χ4n) is 7.07. The fraction of sp³-hybridized carbons (Fsp3) is 0.707. The van der Waals surface area contributed by atoms with Crippen molar-refractivity contribution in [3.8, 4) is 5.75 Å². The van der Waals surface area contributed by atoms with Crippen LogP contribution in [0.4, 0.5) is 0 Å². The van der Waals surface area contributed by atoms with Crippen molar-refractivity contribution < 1.29 is 32.7 Å². The molecule has 0 amide bonds. The molecule has 1 heterocycles. The maximum Gasteiger partial charge on any atom is 0.347 e. The normalized spacial score (nSPS) is 28.3. The van der Waals surface area contributed by atoms with E-state index >= 15 is 0 Å². The summed E-state index contributed by atoms with van der Waals surface area (Å²) in [6, 6.07) is 7.79. The van der Waals surface area contributed by atoms with Crippen molar-refractivity contribution in [2.45, 2.75) is 168 Å². The summed E-state index contributed by atoms with van der Waals surface area (Å²) in [5.41, 5.74) is 2.25. The summed E-state index contributed by atoms with van der Waals surface area (Å²) in [5, 5.41) is 0.116. The van der Waals surface area contributed by atoms with Gasteiger partial charge in [-0.3, -0.25) is 4.79 Å². The molecule has 1 aromatic carbocycles. The van der Waals surface area contributed by atoms with Crippen LogP contribution in [0.5, 0.6) is 5.75 Å². The number of allylic oxidation sites excluding steroid dienone is 2. The predicted octanol–water partition coefficient (Wildman–Crippen LogP) is 10.1. The Balaban J connectivity index is 1.57. The lowest BCUT2D eigenvalue weighted by Gasteiger charge is -2.46. The highest BCUT2D eigenvalue weighted by atomic mass is 28.4. The van der Waals surface area contributed by atoms with Crippen molar-refractivity contribution in [3.63, 3.8) is 0 Å². The molecule has 50 heavy (non-hydrogen) atoms. The van der Waals surface area contributed by atoms with Gasteiger partial charge in [-0.05, 0) is 97.6 Å². The van der Waals surface area contributed by atoms with Crippen LogP contribution < -0.4 is 4.74 Å². The van der Waals surface area contributed by atoms with E-state index in [1.807, 2.05) is 38.1 Å². The SMILES string of the molecule is CCC(Oc1cccc(C)c1)C(=O)O[C@H]1C[C@H](O[Si](C)(C)C(C)(C)C)C=C2C=C[C@H](C)[C@H](CC[C@@H]3C[C@@H](O[Si](C)(C)C(C)(C)C)CC(=O)O3)[C@H]21. The molecular formula is C41H66O7Si2. The number of benzene rings is 1. The van der Waals surface area contributed by atoms with Crippen molar-refractivity contribution in [1.29, 1.82) is 0 Å². The van der Waals surface area contributed by atoms with E-state index in [0.29, 0.717) is 25.0 Å². The number of hydrogen-bond donors (Lipinski definition) is 0. The lowest BCUT2D eigenvalue weighted by molar-refractivity contribution is -0.164. The van der Waals surface area contributed by atoms with E-state index in [1.54, 1.807) is 0 Å². The molecule has 1 saturated heterocycles. The first kappa shape index (κ1) is 40.6. The lowest BCUT2D eigenvalue weighted by atomic mass is 9.66. The average Bonchev–Trinajstić information content (AvgIpc) is 2.97. The summed E-state index contributed by atoms with van der Waals surface area (Å²) >= 11 is 0. The largest absolute Gasteiger partial charge is 0.479 e. The Labute approximate surface area is 305 Å². The zero-order chi connectivity index (χ0) is 37.2. The van der Waals surface area contributed by atoms with Gasteiger partial charge in [0, 0.05) is 18.8 Å². The molecule has 7 nitrogen and oxygen atoms in total. The Hall–Kier alpha value is -2.21. The van der Waals surface area contributed by atoms with Crippen LogP contribution in [0.25, 0.3) is 0 Å². The first-order valence-electron chi connectivity index (χ1n) is 19.0. The van der Waals surface area contributed by atoms with Gasteiger partial charge in [-0.1, -0.05) is 85.8 Å². The molecule has 4 rings (SSSR count). The zero-order valence-corrected chi connectivity index (χ0v) is 35.3. The fourth-order valence-corrected chi connectivity index (χ4v) is 9.71. The molecule has 0 spiro atoms. The number of carbonyl (C=O) groups excluding carboxylic acids is 2. The van der Waals surface area contributed by atoms with Crippen LogP contribution in [-0.2, 0) is 27.9 Å². The van der Waals surface area contributed by atoms with Gasteiger partial charge in [0.1, 0.15) is 18.0 Å². The number of esters is 2. The first-order valence-corrected chi connectivity index (χ1v) is 24.8. The molecule has 3 aliphatic rings. The van der Waals surface area contributed by atoms with Gasteiger partial charge in [0.25, 0.3) is 0 Å². The second-order valence-corrected chi connectivity index (χ2v) is 27.7. The number of rotatable bonds is 12. The molecular weight excluding hydrogens is 661 g/mol. The van der Waals surface area contributed by atoms with Crippen LogP contribution in [0.3, 0.4) is 0 Å². The zero-order valence-electron chi connectivity index (χ0n) is 33.3. The third kappa shape index (κ3) is 10.0. The van der Waals surface area contributed by atoms with Crippen LogP contribution in [-0.4, -0.2) is 59.1 Å². The number of ether oxygens (including phenoxy) is 3. The van der Waals surface area contributed by atoms with Gasteiger partial charge in [-0.2, -0.15) is 0 Å². The molecule has 1 aliphatic heterocycles. The Bertz CT molecular complexity index is 1400. The highest BCUT2D eigenvalue weighted by Crippen LogP contribution is 2.47. The second-order valence-electron chi connectivity index (χ2n) is 18.2. The maximum atomic E-state index is 13.9. The first-order chi connectivity index (χ1) is 23.1. The molecule has 9 heteroatoms. The van der Waals surface area contributed by atoms with E-state index in [1.165, 1.54) is 5.57 Å². The van der Waals surface area contributed by atoms with Crippen LogP contribution in [0.1, 0.15) is 99.5 Å². The molecule has 0 saturated carbocycles. The van der Waals surface area contributed by atoms with Crippen LogP contribution in [0.2, 0.25) is 36.3 Å². The van der Waals surface area contributed by atoms with E-state index in [4.69, 9.17) is 23.1 Å². The molecule has 0 radical (unpaired) electrons. The van der Waals surface area contributed by atoms with Crippen molar-refractivity contribution in [2.75, 3.05) is 0 Å². The quantitative estimate of drug-likeness (QED) is 0.157. The third-order valence-corrected chi connectivity index (χ3v) is 21.1. The van der Waals surface area contributed by atoms with Crippen molar-refractivity contribution >= 4 is 28.6 Å². The van der Waals surface area contributed by atoms with Crippen molar-refractivity contribution in [1.82, 2.24) is 0 Å². The van der Waals surface area contributed by atoms with E-state index in [9.17, 15) is 9.59 Å². The minimum absolute atomic E-state index is 0.00765. The molecule has 1 unspecified atom stereocenters. The second kappa shape index (κ2) is 15.8. The van der Waals surface area contributed by atoms with Gasteiger partial charge in [0.2, 0.25) is 0 Å². The van der Waals surface area contributed by atoms with Gasteiger partial charge < -0.3 is 23.1 Å². The van der Waals surface area contributed by atoms with Crippen LogP contribution >= 0.6 is 0 Å². The van der Waals surface area contributed by atoms with Crippen molar-refractivity contribution in [3.05, 3.63) is 53.6 Å². The predicted molar refractivity (Wildman–Crippen MR) is 206 cm³/mol. The third-order valence-electron chi connectivity index (χ3n) is 12.1. The smallest absolute Gasteiger partial charge is 0.347 e. The van der Waals surface area contributed by atoms with E-state index in [2.05, 4.69) is 92.9 Å². The minimum Gasteiger partial charge on any atom is -0.479 e. The Kier molecular flexibility index (Phi) is 12.8. The van der Waals surface area contributed by atoms with Gasteiger partial charge in [0.05, 0.1) is 18.6 Å². The van der Waals surface area contributed by atoms with Gasteiger partial charge in [0.15, 0.2) is 22.7 Å².